The zero-order valence-corrected chi connectivity index (χ0v) is 9.24. The molecule has 2 rings (SSSR count). The van der Waals surface area contributed by atoms with E-state index in [0.29, 0.717) is 12.1 Å². The highest BCUT2D eigenvalue weighted by Crippen LogP contribution is 2.11. The normalized spacial score (nSPS) is 22.9. The molecule has 1 aliphatic heterocycles. The highest BCUT2D eigenvalue weighted by atomic mass is 15.0. The molecule has 0 aromatic carbocycles. The van der Waals surface area contributed by atoms with Gasteiger partial charge in [-0.25, -0.2) is 0 Å². The van der Waals surface area contributed by atoms with Gasteiger partial charge in [0.25, 0.3) is 0 Å². The summed E-state index contributed by atoms with van der Waals surface area (Å²) >= 11 is 0. The van der Waals surface area contributed by atoms with Gasteiger partial charge < -0.3 is 10.6 Å². The molecule has 3 heteroatoms. The van der Waals surface area contributed by atoms with Crippen molar-refractivity contribution in [1.82, 2.24) is 15.6 Å². The van der Waals surface area contributed by atoms with Gasteiger partial charge in [0.05, 0.1) is 0 Å². The number of nitrogens with one attached hydrogen (secondary N) is 2. The minimum atomic E-state index is 0.412. The SMILES string of the molecule is C[C@@H](NCC1CCCN1)c1ccncc1. The first kappa shape index (κ1) is 10.6. The van der Waals surface area contributed by atoms with Crippen LogP contribution in [0.1, 0.15) is 31.4 Å². The first-order chi connectivity index (χ1) is 7.36. The van der Waals surface area contributed by atoms with Crippen molar-refractivity contribution in [3.63, 3.8) is 0 Å². The summed E-state index contributed by atoms with van der Waals surface area (Å²) in [4.78, 5) is 4.03. The Morgan fingerprint density at radius 1 is 1.53 bits per heavy atom. The molecule has 0 radical (unpaired) electrons. The summed E-state index contributed by atoms with van der Waals surface area (Å²) in [5, 5.41) is 7.04. The number of hydrogen-bond acceptors (Lipinski definition) is 3. The summed E-state index contributed by atoms with van der Waals surface area (Å²) < 4.78 is 0. The molecule has 2 heterocycles. The largest absolute Gasteiger partial charge is 0.313 e. The van der Waals surface area contributed by atoms with E-state index >= 15 is 0 Å². The van der Waals surface area contributed by atoms with E-state index in [1.807, 2.05) is 12.4 Å². The van der Waals surface area contributed by atoms with Gasteiger partial charge in [0.2, 0.25) is 0 Å². The van der Waals surface area contributed by atoms with Gasteiger partial charge in [-0.2, -0.15) is 0 Å². The van der Waals surface area contributed by atoms with Crippen LogP contribution in [0.4, 0.5) is 0 Å². The van der Waals surface area contributed by atoms with Crippen LogP contribution in [0, 0.1) is 0 Å². The Balaban J connectivity index is 1.79. The number of pyridine rings is 1. The van der Waals surface area contributed by atoms with E-state index in [4.69, 9.17) is 0 Å². The van der Waals surface area contributed by atoms with Crippen molar-refractivity contribution in [2.75, 3.05) is 13.1 Å². The second-order valence-corrected chi connectivity index (χ2v) is 4.20. The van der Waals surface area contributed by atoms with Crippen molar-refractivity contribution in [3.8, 4) is 0 Å². The minimum Gasteiger partial charge on any atom is -0.313 e. The molecule has 1 saturated heterocycles. The Morgan fingerprint density at radius 3 is 3.00 bits per heavy atom. The maximum absolute atomic E-state index is 4.03. The van der Waals surface area contributed by atoms with Crippen molar-refractivity contribution in [2.45, 2.75) is 31.8 Å². The summed E-state index contributed by atoms with van der Waals surface area (Å²) in [6, 6.07) is 5.21. The number of hydrogen-bond donors (Lipinski definition) is 2. The number of nitrogens with zero attached hydrogens (tertiary/aromatic N) is 1. The van der Waals surface area contributed by atoms with Gasteiger partial charge in [-0.3, -0.25) is 4.98 Å². The summed E-state index contributed by atoms with van der Waals surface area (Å²) in [7, 11) is 0. The van der Waals surface area contributed by atoms with E-state index < -0.39 is 0 Å². The lowest BCUT2D eigenvalue weighted by Crippen LogP contribution is -2.35. The van der Waals surface area contributed by atoms with Crippen LogP contribution in [0.25, 0.3) is 0 Å². The number of aromatic nitrogens is 1. The van der Waals surface area contributed by atoms with Crippen LogP contribution in [0.3, 0.4) is 0 Å². The molecule has 1 aromatic heterocycles. The zero-order valence-electron chi connectivity index (χ0n) is 9.24. The molecular weight excluding hydrogens is 186 g/mol. The van der Waals surface area contributed by atoms with E-state index in [1.165, 1.54) is 24.9 Å². The smallest absolute Gasteiger partial charge is 0.0293 e. The summed E-state index contributed by atoms with van der Waals surface area (Å²) in [5.74, 6) is 0. The molecule has 0 saturated carbocycles. The van der Waals surface area contributed by atoms with Gasteiger partial charge in [0.15, 0.2) is 0 Å². The molecule has 0 aliphatic carbocycles. The monoisotopic (exact) mass is 205 g/mol. The Morgan fingerprint density at radius 2 is 2.33 bits per heavy atom. The lowest BCUT2D eigenvalue weighted by Gasteiger charge is -2.17. The molecule has 15 heavy (non-hydrogen) atoms. The van der Waals surface area contributed by atoms with Crippen LogP contribution in [-0.4, -0.2) is 24.1 Å². The molecule has 0 spiro atoms. The fourth-order valence-electron chi connectivity index (χ4n) is 2.02. The molecule has 2 atom stereocenters. The van der Waals surface area contributed by atoms with E-state index in [2.05, 4.69) is 34.7 Å². The number of rotatable bonds is 4. The van der Waals surface area contributed by atoms with E-state index in [1.54, 1.807) is 0 Å². The zero-order chi connectivity index (χ0) is 10.5. The predicted molar refractivity (Wildman–Crippen MR) is 61.7 cm³/mol. The quantitative estimate of drug-likeness (QED) is 0.782. The average Bonchev–Trinajstić information content (AvgIpc) is 2.80. The Labute approximate surface area is 91.3 Å². The van der Waals surface area contributed by atoms with Gasteiger partial charge in [-0.1, -0.05) is 0 Å². The first-order valence-corrected chi connectivity index (χ1v) is 5.73. The summed E-state index contributed by atoms with van der Waals surface area (Å²) in [6.45, 7) is 4.43. The second-order valence-electron chi connectivity index (χ2n) is 4.20. The van der Waals surface area contributed by atoms with Gasteiger partial charge in [-0.05, 0) is 44.0 Å². The third-order valence-electron chi connectivity index (χ3n) is 3.04. The Bertz CT molecular complexity index is 280. The van der Waals surface area contributed by atoms with Crippen LogP contribution >= 0.6 is 0 Å². The maximum Gasteiger partial charge on any atom is 0.0293 e. The highest BCUT2D eigenvalue weighted by Gasteiger charge is 2.14. The molecule has 1 fully saturated rings. The lowest BCUT2D eigenvalue weighted by atomic mass is 10.1. The van der Waals surface area contributed by atoms with Gasteiger partial charge in [0, 0.05) is 31.0 Å². The van der Waals surface area contributed by atoms with Crippen molar-refractivity contribution in [1.29, 1.82) is 0 Å². The Hall–Kier alpha value is -0.930. The minimum absolute atomic E-state index is 0.412. The van der Waals surface area contributed by atoms with E-state index in [-0.39, 0.29) is 0 Å². The van der Waals surface area contributed by atoms with Gasteiger partial charge in [0.1, 0.15) is 0 Å². The van der Waals surface area contributed by atoms with Crippen molar-refractivity contribution >= 4 is 0 Å². The second kappa shape index (κ2) is 5.24. The lowest BCUT2D eigenvalue weighted by molar-refractivity contribution is 0.489. The summed E-state index contributed by atoms with van der Waals surface area (Å²) in [5.41, 5.74) is 1.31. The molecule has 0 amide bonds. The first-order valence-electron chi connectivity index (χ1n) is 5.73. The fourth-order valence-corrected chi connectivity index (χ4v) is 2.02. The maximum atomic E-state index is 4.03. The van der Waals surface area contributed by atoms with Crippen LogP contribution < -0.4 is 10.6 Å². The third kappa shape index (κ3) is 3.01. The molecule has 2 N–H and O–H groups in total. The molecule has 82 valence electrons. The standard InChI is InChI=1S/C12H19N3/c1-10(11-4-7-13-8-5-11)15-9-12-3-2-6-14-12/h4-5,7-8,10,12,14-15H,2-3,6,9H2,1H3/t10-,12?/m1/s1. The van der Waals surface area contributed by atoms with Crippen molar-refractivity contribution in [2.24, 2.45) is 0 Å². The fraction of sp³-hybridized carbons (Fsp3) is 0.583. The van der Waals surface area contributed by atoms with E-state index in [9.17, 15) is 0 Å². The van der Waals surface area contributed by atoms with E-state index in [0.717, 1.165) is 6.54 Å². The van der Waals surface area contributed by atoms with Gasteiger partial charge >= 0.3 is 0 Å². The highest BCUT2D eigenvalue weighted by molar-refractivity contribution is 5.13. The van der Waals surface area contributed by atoms with Crippen LogP contribution in [0.2, 0.25) is 0 Å². The Kier molecular flexibility index (Phi) is 3.69. The van der Waals surface area contributed by atoms with Crippen molar-refractivity contribution in [3.05, 3.63) is 30.1 Å². The van der Waals surface area contributed by atoms with Crippen LogP contribution in [0.15, 0.2) is 24.5 Å². The third-order valence-corrected chi connectivity index (χ3v) is 3.04. The topological polar surface area (TPSA) is 37.0 Å². The van der Waals surface area contributed by atoms with Crippen LogP contribution in [0.5, 0.6) is 0 Å². The molecule has 0 bridgehead atoms. The molecule has 1 unspecified atom stereocenters. The summed E-state index contributed by atoms with van der Waals surface area (Å²) in [6.07, 6.45) is 6.31. The molecule has 1 aliphatic rings. The average molecular weight is 205 g/mol. The molecule has 3 nitrogen and oxygen atoms in total. The van der Waals surface area contributed by atoms with Gasteiger partial charge in [-0.15, -0.1) is 0 Å². The molecule has 1 aromatic rings. The van der Waals surface area contributed by atoms with Crippen LogP contribution in [-0.2, 0) is 0 Å². The molecular formula is C12H19N3. The van der Waals surface area contributed by atoms with Crippen molar-refractivity contribution < 1.29 is 0 Å². The predicted octanol–water partition coefficient (Wildman–Crippen LogP) is 1.48.